The van der Waals surface area contributed by atoms with Crippen molar-refractivity contribution in [1.82, 2.24) is 0 Å². The van der Waals surface area contributed by atoms with Gasteiger partial charge in [0, 0.05) is 82.9 Å². The number of carboxylic acids is 2. The lowest BCUT2D eigenvalue weighted by Gasteiger charge is -2.38. The quantitative estimate of drug-likeness (QED) is 0.0196. The third-order valence-corrected chi connectivity index (χ3v) is 37.7. The van der Waals surface area contributed by atoms with Crippen LogP contribution in [-0.4, -0.2) is 69.4 Å². The van der Waals surface area contributed by atoms with E-state index in [1.165, 1.54) is 194 Å². The number of aldehydes is 1. The number of methoxy groups -OCH3 is 4. The molecule has 0 unspecified atom stereocenters. The molecule has 0 fully saturated rings. The number of aryl methyl sites for hydroxylation is 16. The number of aromatic nitrogens is 2. The Balaban J connectivity index is 0.000000177. The van der Waals surface area contributed by atoms with Gasteiger partial charge < -0.3 is 47.9 Å². The van der Waals surface area contributed by atoms with E-state index < -0.39 is 30.1 Å². The van der Waals surface area contributed by atoms with Crippen LogP contribution in [0.5, 0.6) is 23.0 Å². The molecule has 138 heavy (non-hydrogen) atoms. The highest BCUT2D eigenvalue weighted by Gasteiger charge is 2.57. The Morgan fingerprint density at radius 1 is 0.290 bits per heavy atom. The molecule has 2 aliphatic heterocycles. The molecule has 0 bridgehead atoms. The molecule has 8 aromatic heterocycles. The molecule has 10 aromatic carbocycles. The van der Waals surface area contributed by atoms with Gasteiger partial charge in [-0.05, 0) is 296 Å². The molecule has 0 aliphatic carbocycles. The third kappa shape index (κ3) is 16.5. The average Bonchev–Trinajstić information content (AvgIpc) is 1.51. The van der Waals surface area contributed by atoms with Crippen LogP contribution in [0.4, 0.5) is 34.1 Å². The topological polar surface area (TPSA) is 143 Å². The Kier molecular flexibility index (Phi) is 25.4. The molecule has 0 amide bonds. The summed E-state index contributed by atoms with van der Waals surface area (Å²) in [5, 5.41) is 22.0. The number of carboxylic acid groups (broad SMARTS) is 2. The van der Waals surface area contributed by atoms with E-state index in [-0.39, 0.29) is 0 Å². The van der Waals surface area contributed by atoms with E-state index in [0.717, 1.165) is 93.6 Å². The van der Waals surface area contributed by atoms with Crippen LogP contribution in [0.1, 0.15) is 104 Å². The minimum absolute atomic E-state index is 0.570. The summed E-state index contributed by atoms with van der Waals surface area (Å²) in [6, 6.07) is 82.9. The summed E-state index contributed by atoms with van der Waals surface area (Å²) in [6.45, 7) is 35.4. The number of anilines is 6. The van der Waals surface area contributed by atoms with Crippen LogP contribution < -0.4 is 70.5 Å². The average molecular weight is 1960 g/mol. The molecule has 2 N–H and O–H groups in total. The van der Waals surface area contributed by atoms with Gasteiger partial charge in [-0.3, -0.25) is 4.79 Å². The molecule has 692 valence electrons. The van der Waals surface area contributed by atoms with E-state index >= 15 is 0 Å². The number of ether oxygens (including phenoxy) is 4. The van der Waals surface area contributed by atoms with Gasteiger partial charge in [0.1, 0.15) is 45.8 Å². The smallest absolute Gasteiger partial charge is 0.363 e. The van der Waals surface area contributed by atoms with Crippen LogP contribution >= 0.6 is 90.7 Å². The Labute approximate surface area is 838 Å². The van der Waals surface area contributed by atoms with E-state index in [4.69, 9.17) is 18.9 Å². The van der Waals surface area contributed by atoms with Crippen LogP contribution in [0.2, 0.25) is 0 Å². The van der Waals surface area contributed by atoms with Crippen molar-refractivity contribution in [2.75, 3.05) is 38.2 Å². The summed E-state index contributed by atoms with van der Waals surface area (Å²) in [5.41, 5.74) is 35.3. The first-order valence-electron chi connectivity index (χ1n) is 45.8. The number of carbonyl (C=O) groups excluding carboxylic acids is 1. The first-order chi connectivity index (χ1) is 66.3. The molecule has 20 rings (SSSR count). The molecule has 2 aliphatic rings. The number of hydrogen-bond acceptors (Lipinski definition) is 17. The lowest BCUT2D eigenvalue weighted by atomic mass is 9.23. The fourth-order valence-corrected chi connectivity index (χ4v) is 32.3. The predicted octanol–water partition coefficient (Wildman–Crippen LogP) is 26.7. The van der Waals surface area contributed by atoms with Gasteiger partial charge in [-0.1, -0.05) is 174 Å². The Morgan fingerprint density at radius 2 is 0.529 bits per heavy atom. The van der Waals surface area contributed by atoms with Crippen molar-refractivity contribution in [3.8, 4) is 103 Å². The number of rotatable bonds is 24. The first kappa shape index (κ1) is 93.9. The van der Waals surface area contributed by atoms with E-state index in [0.29, 0.717) is 4.88 Å². The van der Waals surface area contributed by atoms with Crippen molar-refractivity contribution in [2.24, 2.45) is 0 Å². The summed E-state index contributed by atoms with van der Waals surface area (Å²) in [6.07, 6.45) is 2.86. The molecule has 0 radical (unpaired) electrons. The number of nitrogens with zero attached hydrogens (tertiary/aromatic N) is 4. The molecular formula is C115H104B2N4O9S8. The minimum Gasteiger partial charge on any atom is -0.497 e. The van der Waals surface area contributed by atoms with Crippen LogP contribution in [0, 0.1) is 111 Å². The van der Waals surface area contributed by atoms with Crippen LogP contribution in [0.25, 0.3) is 85.7 Å². The van der Waals surface area contributed by atoms with Gasteiger partial charge in [-0.2, -0.15) is 0 Å². The SMILES string of the molecule is COc1ccc(N(c2ccc(OC)cc2)c2ccc(-c3sc(-c4sc(-c5cc6c(s5)-c5sc(C=C(C(=O)O)C(=O)O)c[n+]5[B-]6(c5c(C)cc(C)cc5C)c5c(C)cc(C)cc5C)cc4C)cc3C)cc2)cc1.COc1ccc(N(c2ccc(OC)cc2)c2ccc(-c3sc(-c4sc(-c5cc6c(s5)-c5sc(C=O)c[n+]5[B-]6(c5c(C)cc(C)cc5C)c5c(C)cc(C)cc5C)cc4C)cc3C)cc2)cc1. The fourth-order valence-electron chi connectivity index (χ4n) is 22.1. The maximum absolute atomic E-state index is 12.6. The van der Waals surface area contributed by atoms with Gasteiger partial charge in [-0.25, -0.2) is 9.59 Å². The second-order valence-corrected chi connectivity index (χ2v) is 45.1. The van der Waals surface area contributed by atoms with Crippen LogP contribution in [0.3, 0.4) is 0 Å². The Morgan fingerprint density at radius 3 is 0.804 bits per heavy atom. The molecule has 0 spiro atoms. The molecule has 18 aromatic rings. The van der Waals surface area contributed by atoms with Gasteiger partial charge in [0.25, 0.3) is 0 Å². The maximum atomic E-state index is 12.6. The molecule has 0 atom stereocenters. The van der Waals surface area contributed by atoms with Gasteiger partial charge >= 0.3 is 24.5 Å². The first-order valence-corrected chi connectivity index (χ1v) is 52.3. The highest BCUT2D eigenvalue weighted by Crippen LogP contribution is 2.52. The van der Waals surface area contributed by atoms with E-state index in [9.17, 15) is 24.6 Å². The summed E-state index contributed by atoms with van der Waals surface area (Å²) < 4.78 is 26.8. The monoisotopic (exact) mass is 1960 g/mol. The minimum atomic E-state index is -1.91. The zero-order chi connectivity index (χ0) is 97.1. The number of thiophene rings is 6. The van der Waals surface area contributed by atoms with Crippen molar-refractivity contribution in [1.29, 1.82) is 0 Å². The summed E-state index contributed by atoms with van der Waals surface area (Å²) in [5.74, 6) is 0.290. The highest BCUT2D eigenvalue weighted by molar-refractivity contribution is 7.33. The lowest BCUT2D eigenvalue weighted by molar-refractivity contribution is -0.519. The zero-order valence-electron chi connectivity index (χ0n) is 80.7. The number of hydrogen-bond donors (Lipinski definition) is 2. The van der Waals surface area contributed by atoms with Crippen molar-refractivity contribution >= 4 is 194 Å². The molecule has 10 heterocycles. The van der Waals surface area contributed by atoms with Crippen LogP contribution in [-0.2, 0) is 9.59 Å². The molecule has 23 heteroatoms. The number of fused-ring (bicyclic) bond motifs is 6. The van der Waals surface area contributed by atoms with Gasteiger partial charge in [0.2, 0.25) is 10.0 Å². The van der Waals surface area contributed by atoms with Gasteiger partial charge in [0.05, 0.1) is 43.1 Å². The van der Waals surface area contributed by atoms with E-state index in [2.05, 4.69) is 318 Å². The molecule has 13 nitrogen and oxygen atoms in total. The largest absolute Gasteiger partial charge is 0.497 e. The Bertz CT molecular complexity index is 7600. The predicted molar refractivity (Wildman–Crippen MR) is 586 cm³/mol. The normalized spacial score (nSPS) is 12.5. The molecule has 0 saturated heterocycles. The summed E-state index contributed by atoms with van der Waals surface area (Å²) in [7, 11) is 6.74. The van der Waals surface area contributed by atoms with Crippen molar-refractivity contribution < 1.29 is 52.5 Å². The highest BCUT2D eigenvalue weighted by atomic mass is 32.1. The summed E-state index contributed by atoms with van der Waals surface area (Å²) in [4.78, 5) is 57.6. The van der Waals surface area contributed by atoms with Crippen molar-refractivity contribution in [3.63, 3.8) is 0 Å². The second-order valence-electron chi connectivity index (χ2n) is 36.7. The van der Waals surface area contributed by atoms with E-state index in [1.807, 2.05) is 111 Å². The maximum Gasteiger partial charge on any atom is 0.363 e. The fraction of sp³-hybridized carbons (Fsp3) is 0.174. The third-order valence-electron chi connectivity index (χ3n) is 27.3. The number of aliphatic carboxylic acids is 2. The zero-order valence-corrected chi connectivity index (χ0v) is 87.2. The standard InChI is InChI=1S/C59H53BN2O6S4.C56H51BN2O3S4/c1-32-23-34(3)52(35(4)24-32)60(53-36(5)25-33(2)26-37(53)6)48-30-50(71-56(48)57-61(60)31-46(69-57)29-47(58(63)64)59(65)66)49-27-39(8)55(70-49)51-28-38(7)54(72-51)40-11-13-41(14-12-40)62(42-15-19-44(67-9)20-16-42)43-17-21-45(68-10)22-18-43;1-32-23-34(3)51(35(4)24-32)57(52-36(5)25-33(2)26-37(52)6)47-29-49(65-55(47)56-58(57)30-46(31-60)63-56)48-27-39(8)54(64-48)50-28-38(7)53(66-50)40-11-13-41(14-12-40)59(42-15-19-44(61-9)20-16-42)43-17-21-45(62-10)22-18-43/h11-31H,1-10H3,(H,63,64)(H,65,66);11-31H,1-10H3. The van der Waals surface area contributed by atoms with Crippen molar-refractivity contribution in [3.05, 3.63) is 347 Å². The Hall–Kier alpha value is -13.1. The van der Waals surface area contributed by atoms with Crippen molar-refractivity contribution in [2.45, 2.75) is 111 Å². The van der Waals surface area contributed by atoms with Gasteiger partial charge in [0.15, 0.2) is 6.29 Å². The van der Waals surface area contributed by atoms with E-state index in [1.54, 1.807) is 51.1 Å². The molecular weight excluding hydrogens is 1860 g/mol. The van der Waals surface area contributed by atoms with Crippen LogP contribution in [0.15, 0.2) is 248 Å². The number of benzene rings is 10. The second kappa shape index (κ2) is 37.4. The molecule has 0 saturated carbocycles. The summed E-state index contributed by atoms with van der Waals surface area (Å²) >= 11 is 14.1. The van der Waals surface area contributed by atoms with Gasteiger partial charge in [-0.15, -0.1) is 101 Å². The number of carbonyl (C=O) groups is 3. The number of thiazole rings is 2. The lowest BCUT2D eigenvalue weighted by Crippen LogP contribution is -2.84.